The van der Waals surface area contributed by atoms with Gasteiger partial charge in [0.25, 0.3) is 5.91 Å². The molecule has 2 aliphatic rings. The van der Waals surface area contributed by atoms with Gasteiger partial charge in [0, 0.05) is 30.1 Å². The van der Waals surface area contributed by atoms with E-state index in [0.29, 0.717) is 17.5 Å². The van der Waals surface area contributed by atoms with Gasteiger partial charge in [-0.05, 0) is 30.9 Å². The number of nitrogens with one attached hydrogen (secondary N) is 1. The molecule has 2 aromatic heterocycles. The third kappa shape index (κ3) is 2.20. The van der Waals surface area contributed by atoms with E-state index < -0.39 is 0 Å². The summed E-state index contributed by atoms with van der Waals surface area (Å²) in [6, 6.07) is 2.13. The molecule has 5 heteroatoms. The number of piperidine rings is 1. The third-order valence-corrected chi connectivity index (χ3v) is 5.00. The minimum atomic E-state index is -0.0726. The van der Waals surface area contributed by atoms with Crippen molar-refractivity contribution >= 4 is 16.9 Å². The van der Waals surface area contributed by atoms with Crippen LogP contribution >= 0.6 is 0 Å². The molecule has 1 amide bonds. The van der Waals surface area contributed by atoms with Gasteiger partial charge >= 0.3 is 0 Å². The zero-order chi connectivity index (χ0) is 15.3. The molecule has 4 rings (SSSR count). The van der Waals surface area contributed by atoms with E-state index in [2.05, 4.69) is 29.0 Å². The standard InChI is InChI=1S/C17H21N3O2/c1-10(2)13-9-22-16-6-18-14(5-12(13)16)17(21)19-15-8-20-4-3-11(15)7-20/h5-6,9-11,15H,3-4,7-8H2,1-2H3,(H,19,21). The lowest BCUT2D eigenvalue weighted by molar-refractivity contribution is 0.0919. The molecular formula is C17H21N3O2. The first kappa shape index (κ1) is 13.8. The van der Waals surface area contributed by atoms with Gasteiger partial charge < -0.3 is 14.6 Å². The van der Waals surface area contributed by atoms with E-state index in [0.717, 1.165) is 29.6 Å². The molecule has 0 saturated carbocycles. The molecule has 2 fully saturated rings. The minimum absolute atomic E-state index is 0.0726. The number of fused-ring (bicyclic) bond motifs is 3. The van der Waals surface area contributed by atoms with Crippen LogP contribution in [0.5, 0.6) is 0 Å². The maximum absolute atomic E-state index is 12.5. The van der Waals surface area contributed by atoms with Crippen LogP contribution in [0.2, 0.25) is 0 Å². The average molecular weight is 299 g/mol. The maximum Gasteiger partial charge on any atom is 0.270 e. The number of furan rings is 1. The first-order valence-electron chi connectivity index (χ1n) is 8.02. The Balaban J connectivity index is 1.57. The molecule has 22 heavy (non-hydrogen) atoms. The van der Waals surface area contributed by atoms with Crippen molar-refractivity contribution in [3.05, 3.63) is 29.8 Å². The summed E-state index contributed by atoms with van der Waals surface area (Å²) in [4.78, 5) is 19.2. The molecule has 0 radical (unpaired) electrons. The molecule has 0 aromatic carbocycles. The van der Waals surface area contributed by atoms with E-state index in [1.807, 2.05) is 6.07 Å². The molecule has 2 bridgehead atoms. The topological polar surface area (TPSA) is 58.4 Å². The van der Waals surface area contributed by atoms with E-state index in [1.54, 1.807) is 12.5 Å². The van der Waals surface area contributed by atoms with E-state index in [9.17, 15) is 4.79 Å². The Kier molecular flexibility index (Phi) is 3.18. The molecule has 0 aliphatic carbocycles. The fourth-order valence-electron chi connectivity index (χ4n) is 3.71. The molecule has 3 unspecified atom stereocenters. The maximum atomic E-state index is 12.5. The van der Waals surface area contributed by atoms with Gasteiger partial charge in [-0.15, -0.1) is 0 Å². The van der Waals surface area contributed by atoms with Crippen LogP contribution in [0.25, 0.3) is 11.0 Å². The van der Waals surface area contributed by atoms with Crippen LogP contribution in [0.4, 0.5) is 0 Å². The largest absolute Gasteiger partial charge is 0.462 e. The van der Waals surface area contributed by atoms with Gasteiger partial charge in [-0.2, -0.15) is 0 Å². The monoisotopic (exact) mass is 299 g/mol. The van der Waals surface area contributed by atoms with Gasteiger partial charge in [0.1, 0.15) is 5.69 Å². The first-order chi connectivity index (χ1) is 10.6. The Labute approximate surface area is 129 Å². The zero-order valence-electron chi connectivity index (χ0n) is 13.0. The van der Waals surface area contributed by atoms with Gasteiger partial charge in [-0.1, -0.05) is 13.8 Å². The predicted octanol–water partition coefficient (Wildman–Crippen LogP) is 2.39. The lowest BCUT2D eigenvalue weighted by atomic mass is 9.99. The fraction of sp³-hybridized carbons (Fsp3) is 0.529. The van der Waals surface area contributed by atoms with Gasteiger partial charge in [0.05, 0.1) is 12.5 Å². The van der Waals surface area contributed by atoms with Crippen molar-refractivity contribution in [3.63, 3.8) is 0 Å². The predicted molar refractivity (Wildman–Crippen MR) is 83.9 cm³/mol. The molecule has 1 N–H and O–H groups in total. The van der Waals surface area contributed by atoms with E-state index in [-0.39, 0.29) is 11.9 Å². The third-order valence-electron chi connectivity index (χ3n) is 5.00. The lowest BCUT2D eigenvalue weighted by Crippen LogP contribution is -2.43. The SMILES string of the molecule is CC(C)c1coc2cnc(C(=O)NC3CN4CCC3C4)cc12. The van der Waals surface area contributed by atoms with Gasteiger partial charge in [0.15, 0.2) is 5.58 Å². The minimum Gasteiger partial charge on any atom is -0.462 e. The molecule has 5 nitrogen and oxygen atoms in total. The average Bonchev–Trinajstić information content (AvgIpc) is 3.20. The van der Waals surface area contributed by atoms with Gasteiger partial charge in [-0.3, -0.25) is 4.79 Å². The molecule has 116 valence electrons. The van der Waals surface area contributed by atoms with Gasteiger partial charge in [0.2, 0.25) is 0 Å². The molecule has 0 spiro atoms. The van der Waals surface area contributed by atoms with Crippen molar-refractivity contribution < 1.29 is 9.21 Å². The number of carbonyl (C=O) groups is 1. The second-order valence-corrected chi connectivity index (χ2v) is 6.80. The first-order valence-corrected chi connectivity index (χ1v) is 8.02. The number of hydrogen-bond donors (Lipinski definition) is 1. The highest BCUT2D eigenvalue weighted by Gasteiger charge is 2.38. The Morgan fingerprint density at radius 1 is 1.45 bits per heavy atom. The number of pyridine rings is 1. The second kappa shape index (κ2) is 5.09. The van der Waals surface area contributed by atoms with Crippen LogP contribution in [-0.4, -0.2) is 41.5 Å². The highest BCUT2D eigenvalue weighted by molar-refractivity contribution is 5.96. The molecule has 3 atom stereocenters. The second-order valence-electron chi connectivity index (χ2n) is 6.80. The Bertz CT molecular complexity index is 722. The summed E-state index contributed by atoms with van der Waals surface area (Å²) < 4.78 is 5.52. The number of carbonyl (C=O) groups excluding carboxylic acids is 1. The quantitative estimate of drug-likeness (QED) is 0.945. The van der Waals surface area contributed by atoms with Crippen molar-refractivity contribution in [2.45, 2.75) is 32.2 Å². The summed E-state index contributed by atoms with van der Waals surface area (Å²) in [5.74, 6) is 0.891. The lowest BCUT2D eigenvalue weighted by Gasteiger charge is -2.22. The van der Waals surface area contributed by atoms with Crippen LogP contribution in [0.1, 0.15) is 42.2 Å². The Hall–Kier alpha value is -1.88. The fourth-order valence-corrected chi connectivity index (χ4v) is 3.71. The summed E-state index contributed by atoms with van der Waals surface area (Å²) in [5.41, 5.74) is 2.34. The van der Waals surface area contributed by atoms with Crippen LogP contribution < -0.4 is 5.32 Å². The van der Waals surface area contributed by atoms with Crippen LogP contribution in [0, 0.1) is 5.92 Å². The summed E-state index contributed by atoms with van der Waals surface area (Å²) in [7, 11) is 0. The highest BCUT2D eigenvalue weighted by Crippen LogP contribution is 2.29. The number of rotatable bonds is 3. The van der Waals surface area contributed by atoms with Crippen molar-refractivity contribution in [2.24, 2.45) is 5.92 Å². The van der Waals surface area contributed by atoms with E-state index >= 15 is 0 Å². The zero-order valence-corrected chi connectivity index (χ0v) is 13.0. The Morgan fingerprint density at radius 2 is 2.32 bits per heavy atom. The van der Waals surface area contributed by atoms with Crippen LogP contribution in [-0.2, 0) is 0 Å². The van der Waals surface area contributed by atoms with Crippen molar-refractivity contribution in [1.82, 2.24) is 15.2 Å². The smallest absolute Gasteiger partial charge is 0.270 e. The van der Waals surface area contributed by atoms with Crippen LogP contribution in [0.3, 0.4) is 0 Å². The number of amides is 1. The number of aromatic nitrogens is 1. The molecule has 2 aliphatic heterocycles. The van der Waals surface area contributed by atoms with Gasteiger partial charge in [-0.25, -0.2) is 4.98 Å². The summed E-state index contributed by atoms with van der Waals surface area (Å²) >= 11 is 0. The summed E-state index contributed by atoms with van der Waals surface area (Å²) in [6.45, 7) is 7.51. The molecule has 2 aromatic rings. The normalized spacial score (nSPS) is 27.0. The van der Waals surface area contributed by atoms with Crippen molar-refractivity contribution in [3.8, 4) is 0 Å². The number of hydrogen-bond acceptors (Lipinski definition) is 4. The van der Waals surface area contributed by atoms with Crippen molar-refractivity contribution in [2.75, 3.05) is 19.6 Å². The molecule has 4 heterocycles. The van der Waals surface area contributed by atoms with Crippen molar-refractivity contribution in [1.29, 1.82) is 0 Å². The summed E-state index contributed by atoms with van der Waals surface area (Å²) in [6.07, 6.45) is 4.61. The highest BCUT2D eigenvalue weighted by atomic mass is 16.3. The Morgan fingerprint density at radius 3 is 3.00 bits per heavy atom. The summed E-state index contributed by atoms with van der Waals surface area (Å²) in [5, 5.41) is 4.15. The number of nitrogens with zero attached hydrogens (tertiary/aromatic N) is 2. The molecular weight excluding hydrogens is 278 g/mol. The van der Waals surface area contributed by atoms with E-state index in [1.165, 1.54) is 13.0 Å². The molecule has 2 saturated heterocycles. The van der Waals surface area contributed by atoms with Crippen LogP contribution in [0.15, 0.2) is 22.9 Å². The van der Waals surface area contributed by atoms with E-state index in [4.69, 9.17) is 4.42 Å².